The number of nitrogens with one attached hydrogen (secondary N) is 1. The second kappa shape index (κ2) is 7.25. The summed E-state index contributed by atoms with van der Waals surface area (Å²) < 4.78 is 18.9. The summed E-state index contributed by atoms with van der Waals surface area (Å²) in [7, 11) is 0. The first kappa shape index (κ1) is 16.7. The summed E-state index contributed by atoms with van der Waals surface area (Å²) >= 11 is 0. The first-order chi connectivity index (χ1) is 13.2. The van der Waals surface area contributed by atoms with Crippen LogP contribution in [0.15, 0.2) is 89.5 Å². The number of halogens is 1. The molecule has 5 heteroatoms. The Bertz CT molecular complexity index is 1070. The Morgan fingerprint density at radius 2 is 1.59 bits per heavy atom. The van der Waals surface area contributed by atoms with E-state index in [0.29, 0.717) is 28.5 Å². The topological polar surface area (TPSA) is 55.1 Å². The Kier molecular flexibility index (Phi) is 4.49. The van der Waals surface area contributed by atoms with Crippen LogP contribution >= 0.6 is 0 Å². The van der Waals surface area contributed by atoms with Gasteiger partial charge in [0.2, 0.25) is 5.89 Å². The summed E-state index contributed by atoms with van der Waals surface area (Å²) in [5, 5.41) is 2.76. The van der Waals surface area contributed by atoms with Gasteiger partial charge < -0.3 is 9.73 Å². The molecule has 1 amide bonds. The maximum absolute atomic E-state index is 13.0. The zero-order chi connectivity index (χ0) is 18.6. The highest BCUT2D eigenvalue weighted by molar-refractivity contribution is 6.08. The molecule has 27 heavy (non-hydrogen) atoms. The van der Waals surface area contributed by atoms with Crippen molar-refractivity contribution >= 4 is 11.6 Å². The van der Waals surface area contributed by atoms with Crippen LogP contribution in [0.1, 0.15) is 10.4 Å². The molecule has 0 saturated carbocycles. The third-order valence-corrected chi connectivity index (χ3v) is 4.07. The monoisotopic (exact) mass is 358 g/mol. The van der Waals surface area contributed by atoms with Crippen molar-refractivity contribution in [3.05, 3.63) is 96.4 Å². The van der Waals surface area contributed by atoms with Gasteiger partial charge in [-0.25, -0.2) is 9.37 Å². The van der Waals surface area contributed by atoms with Crippen LogP contribution in [0.4, 0.5) is 10.1 Å². The first-order valence-corrected chi connectivity index (χ1v) is 8.38. The summed E-state index contributed by atoms with van der Waals surface area (Å²) in [5.41, 5.74) is 2.42. The zero-order valence-corrected chi connectivity index (χ0v) is 14.2. The molecule has 1 N–H and O–H groups in total. The van der Waals surface area contributed by atoms with Crippen molar-refractivity contribution in [2.24, 2.45) is 0 Å². The average molecular weight is 358 g/mol. The highest BCUT2D eigenvalue weighted by Gasteiger charge is 2.17. The largest absolute Gasteiger partial charge is 0.436 e. The van der Waals surface area contributed by atoms with Gasteiger partial charge in [-0.2, -0.15) is 0 Å². The van der Waals surface area contributed by atoms with Gasteiger partial charge in [0.1, 0.15) is 5.82 Å². The van der Waals surface area contributed by atoms with E-state index < -0.39 is 0 Å². The van der Waals surface area contributed by atoms with Gasteiger partial charge in [0.05, 0.1) is 11.8 Å². The number of anilines is 1. The van der Waals surface area contributed by atoms with E-state index >= 15 is 0 Å². The number of hydrogen-bond acceptors (Lipinski definition) is 3. The lowest BCUT2D eigenvalue weighted by molar-refractivity contribution is 0.102. The van der Waals surface area contributed by atoms with Crippen molar-refractivity contribution in [1.82, 2.24) is 4.98 Å². The van der Waals surface area contributed by atoms with Crippen molar-refractivity contribution in [1.29, 1.82) is 0 Å². The molecule has 0 radical (unpaired) electrons. The molecule has 0 unspecified atom stereocenters. The van der Waals surface area contributed by atoms with Crippen LogP contribution in [-0.2, 0) is 0 Å². The molecule has 0 spiro atoms. The molecular formula is C22H15FN2O2. The number of carbonyl (C=O) groups excluding carboxylic acids is 1. The number of aromatic nitrogens is 1. The number of rotatable bonds is 4. The normalized spacial score (nSPS) is 10.6. The quantitative estimate of drug-likeness (QED) is 0.531. The Labute approximate surface area is 155 Å². The van der Waals surface area contributed by atoms with Crippen molar-refractivity contribution in [2.45, 2.75) is 0 Å². The van der Waals surface area contributed by atoms with Crippen LogP contribution in [0.25, 0.3) is 22.8 Å². The molecule has 4 rings (SSSR count). The van der Waals surface area contributed by atoms with Gasteiger partial charge in [0.25, 0.3) is 5.91 Å². The molecule has 0 saturated heterocycles. The van der Waals surface area contributed by atoms with Gasteiger partial charge in [-0.05, 0) is 36.4 Å². The molecule has 0 atom stereocenters. The lowest BCUT2D eigenvalue weighted by Crippen LogP contribution is -2.13. The SMILES string of the molecule is O=C(Nc1ccc(F)cc1)c1ccccc1-c1ncc(-c2ccccc2)o1. The molecule has 0 bridgehead atoms. The minimum absolute atomic E-state index is 0.323. The van der Waals surface area contributed by atoms with Crippen molar-refractivity contribution in [3.63, 3.8) is 0 Å². The molecule has 0 fully saturated rings. The predicted octanol–water partition coefficient (Wildman–Crippen LogP) is 5.40. The summed E-state index contributed by atoms with van der Waals surface area (Å²) in [4.78, 5) is 17.0. The first-order valence-electron chi connectivity index (χ1n) is 8.38. The van der Waals surface area contributed by atoms with E-state index in [-0.39, 0.29) is 11.7 Å². The number of oxazole rings is 1. The fourth-order valence-electron chi connectivity index (χ4n) is 2.73. The smallest absolute Gasteiger partial charge is 0.256 e. The summed E-state index contributed by atoms with van der Waals surface area (Å²) in [6, 6.07) is 22.3. The van der Waals surface area contributed by atoms with Crippen LogP contribution < -0.4 is 5.32 Å². The number of benzene rings is 3. The van der Waals surface area contributed by atoms with Crippen molar-refractivity contribution in [2.75, 3.05) is 5.32 Å². The number of nitrogens with zero attached hydrogens (tertiary/aromatic N) is 1. The van der Waals surface area contributed by atoms with Gasteiger partial charge in [-0.1, -0.05) is 42.5 Å². The summed E-state index contributed by atoms with van der Waals surface area (Å²) in [6.45, 7) is 0. The number of carbonyl (C=O) groups is 1. The van der Waals surface area contributed by atoms with Crippen molar-refractivity contribution < 1.29 is 13.6 Å². The Morgan fingerprint density at radius 1 is 0.889 bits per heavy atom. The van der Waals surface area contributed by atoms with E-state index in [1.54, 1.807) is 24.4 Å². The number of hydrogen-bond donors (Lipinski definition) is 1. The lowest BCUT2D eigenvalue weighted by atomic mass is 10.1. The van der Waals surface area contributed by atoms with Crippen LogP contribution in [-0.4, -0.2) is 10.9 Å². The van der Waals surface area contributed by atoms with Gasteiger partial charge in [0, 0.05) is 16.8 Å². The maximum Gasteiger partial charge on any atom is 0.256 e. The molecule has 1 aromatic heterocycles. The molecular weight excluding hydrogens is 343 g/mol. The minimum Gasteiger partial charge on any atom is -0.436 e. The van der Waals surface area contributed by atoms with Crippen LogP contribution in [0, 0.1) is 5.82 Å². The molecule has 1 heterocycles. The number of amides is 1. The zero-order valence-electron chi connectivity index (χ0n) is 14.2. The molecule has 0 aliphatic carbocycles. The Hall–Kier alpha value is -3.73. The van der Waals surface area contributed by atoms with Crippen molar-refractivity contribution in [3.8, 4) is 22.8 Å². The van der Waals surface area contributed by atoms with Gasteiger partial charge in [0.15, 0.2) is 5.76 Å². The van der Waals surface area contributed by atoms with Gasteiger partial charge in [-0.15, -0.1) is 0 Å². The van der Waals surface area contributed by atoms with Crippen LogP contribution in [0.5, 0.6) is 0 Å². The van der Waals surface area contributed by atoms with Crippen LogP contribution in [0.3, 0.4) is 0 Å². The van der Waals surface area contributed by atoms with E-state index in [1.165, 1.54) is 24.3 Å². The molecule has 0 aliphatic heterocycles. The third-order valence-electron chi connectivity index (χ3n) is 4.07. The van der Waals surface area contributed by atoms with E-state index in [9.17, 15) is 9.18 Å². The van der Waals surface area contributed by atoms with E-state index in [0.717, 1.165) is 5.56 Å². The third kappa shape index (κ3) is 3.62. The fourth-order valence-corrected chi connectivity index (χ4v) is 2.73. The summed E-state index contributed by atoms with van der Waals surface area (Å²) in [5.74, 6) is 0.302. The molecule has 4 aromatic rings. The van der Waals surface area contributed by atoms with E-state index in [4.69, 9.17) is 4.42 Å². The predicted molar refractivity (Wildman–Crippen MR) is 102 cm³/mol. The lowest BCUT2D eigenvalue weighted by Gasteiger charge is -2.08. The van der Waals surface area contributed by atoms with E-state index in [1.807, 2.05) is 36.4 Å². The van der Waals surface area contributed by atoms with E-state index in [2.05, 4.69) is 10.3 Å². The second-order valence-electron chi connectivity index (χ2n) is 5.90. The average Bonchev–Trinajstić information content (AvgIpc) is 3.20. The fraction of sp³-hybridized carbons (Fsp3) is 0. The standard InChI is InChI=1S/C22H15FN2O2/c23-16-10-12-17(13-11-16)25-21(26)18-8-4-5-9-19(18)22-24-14-20(27-22)15-6-2-1-3-7-15/h1-14H,(H,25,26). The minimum atomic E-state index is -0.360. The highest BCUT2D eigenvalue weighted by atomic mass is 19.1. The van der Waals surface area contributed by atoms with Gasteiger partial charge in [-0.3, -0.25) is 4.79 Å². The molecule has 132 valence electrons. The Morgan fingerprint density at radius 3 is 2.37 bits per heavy atom. The highest BCUT2D eigenvalue weighted by Crippen LogP contribution is 2.28. The maximum atomic E-state index is 13.0. The molecule has 4 nitrogen and oxygen atoms in total. The molecule has 0 aliphatic rings. The second-order valence-corrected chi connectivity index (χ2v) is 5.90. The summed E-state index contributed by atoms with van der Waals surface area (Å²) in [6.07, 6.45) is 1.64. The van der Waals surface area contributed by atoms with Crippen LogP contribution in [0.2, 0.25) is 0 Å². The van der Waals surface area contributed by atoms with Gasteiger partial charge >= 0.3 is 0 Å². The molecule has 3 aromatic carbocycles. The Balaban J connectivity index is 1.64.